The molecule has 0 bridgehead atoms. The van der Waals surface area contributed by atoms with E-state index in [1.165, 1.54) is 10.5 Å². The molecule has 3 rings (SSSR count). The molecule has 25 heavy (non-hydrogen) atoms. The Hall–Kier alpha value is -2.33. The first kappa shape index (κ1) is 17.5. The number of benzene rings is 2. The van der Waals surface area contributed by atoms with Gasteiger partial charge in [0.05, 0.1) is 11.4 Å². The van der Waals surface area contributed by atoms with Gasteiger partial charge in [0, 0.05) is 0 Å². The van der Waals surface area contributed by atoms with Crippen molar-refractivity contribution >= 4 is 29.0 Å². The number of hydrogen-bond acceptors (Lipinski definition) is 3. The number of hydrogen-bond donors (Lipinski definition) is 0. The largest absolute Gasteiger partial charge is 0.293 e. The molecule has 1 heterocycles. The first-order valence-corrected chi connectivity index (χ1v) is 9.06. The molecule has 0 saturated carbocycles. The number of imide groups is 1. The van der Waals surface area contributed by atoms with Crippen LogP contribution in [-0.4, -0.2) is 16.0 Å². The van der Waals surface area contributed by atoms with E-state index in [1.807, 2.05) is 51.1 Å². The molecule has 2 aromatic carbocycles. The maximum absolute atomic E-state index is 12.7. The third-order valence-corrected chi connectivity index (χ3v) is 5.38. The molecule has 0 aromatic heterocycles. The van der Waals surface area contributed by atoms with Gasteiger partial charge in [-0.3, -0.25) is 14.5 Å². The van der Waals surface area contributed by atoms with Crippen LogP contribution in [0.3, 0.4) is 0 Å². The Balaban J connectivity index is 1.90. The lowest BCUT2D eigenvalue weighted by Gasteiger charge is -2.14. The molecule has 0 N–H and O–H groups in total. The van der Waals surface area contributed by atoms with Crippen LogP contribution in [0.15, 0.2) is 41.3 Å². The van der Waals surface area contributed by atoms with E-state index < -0.39 is 0 Å². The number of thioether (sulfide) groups is 1. The zero-order valence-electron chi connectivity index (χ0n) is 14.9. The van der Waals surface area contributed by atoms with Gasteiger partial charge in [0.25, 0.3) is 11.1 Å². The van der Waals surface area contributed by atoms with Crippen LogP contribution < -0.4 is 0 Å². The molecule has 1 aliphatic rings. The Labute approximate surface area is 152 Å². The van der Waals surface area contributed by atoms with Crippen LogP contribution in [0.4, 0.5) is 4.79 Å². The van der Waals surface area contributed by atoms with Gasteiger partial charge >= 0.3 is 0 Å². The minimum absolute atomic E-state index is 0.207. The Kier molecular flexibility index (Phi) is 4.82. The molecule has 0 unspecified atom stereocenters. The summed E-state index contributed by atoms with van der Waals surface area (Å²) in [5.74, 6) is -0.211. The average Bonchev–Trinajstić information content (AvgIpc) is 2.80. The highest BCUT2D eigenvalue weighted by molar-refractivity contribution is 8.18. The van der Waals surface area contributed by atoms with Gasteiger partial charge in [-0.25, -0.2) is 0 Å². The van der Waals surface area contributed by atoms with Crippen LogP contribution in [0, 0.1) is 27.7 Å². The monoisotopic (exact) mass is 351 g/mol. The summed E-state index contributed by atoms with van der Waals surface area (Å²) >= 11 is 1.02. The van der Waals surface area contributed by atoms with E-state index in [4.69, 9.17) is 0 Å². The Bertz CT molecular complexity index is 876. The highest BCUT2D eigenvalue weighted by Gasteiger charge is 2.35. The van der Waals surface area contributed by atoms with Crippen molar-refractivity contribution in [2.45, 2.75) is 34.2 Å². The summed E-state index contributed by atoms with van der Waals surface area (Å²) in [6, 6.07) is 12.0. The Morgan fingerprint density at radius 1 is 0.960 bits per heavy atom. The van der Waals surface area contributed by atoms with Crippen molar-refractivity contribution in [1.82, 2.24) is 4.90 Å². The number of amides is 2. The average molecular weight is 351 g/mol. The van der Waals surface area contributed by atoms with Crippen molar-refractivity contribution in [1.29, 1.82) is 0 Å². The van der Waals surface area contributed by atoms with Gasteiger partial charge in [-0.1, -0.05) is 42.0 Å². The Morgan fingerprint density at radius 2 is 1.60 bits per heavy atom. The maximum Gasteiger partial charge on any atom is 0.293 e. The Morgan fingerprint density at radius 3 is 2.24 bits per heavy atom. The third kappa shape index (κ3) is 3.54. The summed E-state index contributed by atoms with van der Waals surface area (Å²) in [6.07, 6.45) is 1.85. The van der Waals surface area contributed by atoms with Crippen molar-refractivity contribution in [2.24, 2.45) is 0 Å². The third-order valence-electron chi connectivity index (χ3n) is 4.48. The van der Waals surface area contributed by atoms with E-state index in [-0.39, 0.29) is 11.1 Å². The molecule has 4 heteroatoms. The van der Waals surface area contributed by atoms with Crippen LogP contribution in [0.2, 0.25) is 0 Å². The fourth-order valence-corrected chi connectivity index (χ4v) is 3.96. The summed E-state index contributed by atoms with van der Waals surface area (Å²) in [5.41, 5.74) is 6.52. The van der Waals surface area contributed by atoms with Gasteiger partial charge in [-0.2, -0.15) is 0 Å². The van der Waals surface area contributed by atoms with Crippen molar-refractivity contribution in [2.75, 3.05) is 0 Å². The summed E-state index contributed by atoms with van der Waals surface area (Å²) in [7, 11) is 0. The van der Waals surface area contributed by atoms with Crippen molar-refractivity contribution in [3.8, 4) is 0 Å². The fraction of sp³-hybridized carbons (Fsp3) is 0.238. The van der Waals surface area contributed by atoms with Crippen LogP contribution >= 0.6 is 11.8 Å². The number of carbonyl (C=O) groups excluding carboxylic acids is 2. The second-order valence-corrected chi connectivity index (χ2v) is 7.50. The van der Waals surface area contributed by atoms with E-state index in [2.05, 4.69) is 19.1 Å². The van der Waals surface area contributed by atoms with E-state index in [0.717, 1.165) is 39.6 Å². The zero-order valence-corrected chi connectivity index (χ0v) is 15.7. The highest BCUT2D eigenvalue weighted by atomic mass is 32.2. The summed E-state index contributed by atoms with van der Waals surface area (Å²) < 4.78 is 0. The molecule has 2 amide bonds. The summed E-state index contributed by atoms with van der Waals surface area (Å²) in [4.78, 5) is 26.9. The van der Waals surface area contributed by atoms with Gasteiger partial charge in [0.15, 0.2) is 0 Å². The number of nitrogens with zero attached hydrogens (tertiary/aromatic N) is 1. The van der Waals surface area contributed by atoms with Crippen LogP contribution in [0.25, 0.3) is 6.08 Å². The lowest BCUT2D eigenvalue weighted by Crippen LogP contribution is -2.27. The molecule has 128 valence electrons. The maximum atomic E-state index is 12.7. The molecule has 1 aliphatic heterocycles. The molecule has 0 aliphatic carbocycles. The van der Waals surface area contributed by atoms with E-state index in [9.17, 15) is 9.59 Å². The second kappa shape index (κ2) is 6.89. The minimum Gasteiger partial charge on any atom is -0.268 e. The lowest BCUT2D eigenvalue weighted by atomic mass is 9.99. The number of carbonyl (C=O) groups is 2. The van der Waals surface area contributed by atoms with Crippen LogP contribution in [0.1, 0.15) is 33.4 Å². The molecule has 0 radical (unpaired) electrons. The first-order valence-electron chi connectivity index (χ1n) is 8.24. The van der Waals surface area contributed by atoms with E-state index >= 15 is 0 Å². The predicted molar refractivity (Wildman–Crippen MR) is 103 cm³/mol. The van der Waals surface area contributed by atoms with Crippen molar-refractivity contribution in [3.05, 3.63) is 74.7 Å². The minimum atomic E-state index is -0.211. The van der Waals surface area contributed by atoms with Gasteiger partial charge < -0.3 is 0 Å². The quantitative estimate of drug-likeness (QED) is 0.717. The molecule has 2 aromatic rings. The first-order chi connectivity index (χ1) is 11.9. The standard InChI is InChI=1S/C21H21NO2S/c1-13-9-15(3)18(16(4)10-13)11-19-20(23)22(21(24)25-19)12-17-8-6-5-7-14(17)2/h5-11H,12H2,1-4H3/b19-11-. The molecular weight excluding hydrogens is 330 g/mol. The van der Waals surface area contributed by atoms with Crippen LogP contribution in [-0.2, 0) is 11.3 Å². The molecule has 1 fully saturated rings. The SMILES string of the molecule is Cc1cc(C)c(/C=C2\SC(=O)N(Cc3ccccc3C)C2=O)c(C)c1. The number of aryl methyl sites for hydroxylation is 4. The smallest absolute Gasteiger partial charge is 0.268 e. The molecule has 0 spiro atoms. The lowest BCUT2D eigenvalue weighted by molar-refractivity contribution is -0.123. The molecular formula is C21H21NO2S. The summed E-state index contributed by atoms with van der Waals surface area (Å²) in [5, 5.41) is -0.207. The topological polar surface area (TPSA) is 37.4 Å². The normalized spacial score (nSPS) is 16.2. The van der Waals surface area contributed by atoms with Crippen LogP contribution in [0.5, 0.6) is 0 Å². The van der Waals surface area contributed by atoms with Gasteiger partial charge in [0.2, 0.25) is 0 Å². The summed E-state index contributed by atoms with van der Waals surface area (Å²) in [6.45, 7) is 8.43. The fourth-order valence-electron chi connectivity index (χ4n) is 3.14. The van der Waals surface area contributed by atoms with E-state index in [0.29, 0.717) is 11.4 Å². The predicted octanol–water partition coefficient (Wildman–Crippen LogP) is 5.16. The van der Waals surface area contributed by atoms with Gasteiger partial charge in [-0.05, 0) is 73.4 Å². The molecule has 1 saturated heterocycles. The zero-order chi connectivity index (χ0) is 18.1. The van der Waals surface area contributed by atoms with Crippen molar-refractivity contribution < 1.29 is 9.59 Å². The molecule has 3 nitrogen and oxygen atoms in total. The van der Waals surface area contributed by atoms with Gasteiger partial charge in [-0.15, -0.1) is 0 Å². The molecule has 0 atom stereocenters. The number of rotatable bonds is 3. The van der Waals surface area contributed by atoms with Gasteiger partial charge in [0.1, 0.15) is 0 Å². The van der Waals surface area contributed by atoms with Crippen molar-refractivity contribution in [3.63, 3.8) is 0 Å². The second-order valence-electron chi connectivity index (χ2n) is 6.51. The van der Waals surface area contributed by atoms with E-state index in [1.54, 1.807) is 0 Å². The highest BCUT2D eigenvalue weighted by Crippen LogP contribution is 2.34.